The predicted octanol–water partition coefficient (Wildman–Crippen LogP) is 5.60. The summed E-state index contributed by atoms with van der Waals surface area (Å²) in [5, 5.41) is 3.48. The average Bonchev–Trinajstić information content (AvgIpc) is 3.43. The summed E-state index contributed by atoms with van der Waals surface area (Å²) >= 11 is 0. The third-order valence-corrected chi connectivity index (χ3v) is 4.62. The van der Waals surface area contributed by atoms with Crippen molar-refractivity contribution in [1.29, 1.82) is 0 Å². The van der Waals surface area contributed by atoms with Crippen LogP contribution in [0.1, 0.15) is 44.7 Å². The van der Waals surface area contributed by atoms with Crippen LogP contribution in [0.3, 0.4) is 0 Å². The van der Waals surface area contributed by atoms with Crippen LogP contribution < -0.4 is 10.1 Å². The highest BCUT2D eigenvalue weighted by molar-refractivity contribution is 5.38. The van der Waals surface area contributed by atoms with Gasteiger partial charge in [-0.3, -0.25) is 0 Å². The Balaban J connectivity index is 1.86. The van der Waals surface area contributed by atoms with Crippen molar-refractivity contribution in [3.05, 3.63) is 59.7 Å². The Morgan fingerprint density at radius 2 is 1.83 bits per heavy atom. The molecule has 0 aliphatic heterocycles. The zero-order valence-corrected chi connectivity index (χ0v) is 14.1. The Kier molecular flexibility index (Phi) is 5.14. The van der Waals surface area contributed by atoms with Crippen molar-refractivity contribution in [1.82, 2.24) is 5.32 Å². The van der Waals surface area contributed by atoms with E-state index >= 15 is 0 Å². The second kappa shape index (κ2) is 7.31. The maximum atomic E-state index is 14.9. The van der Waals surface area contributed by atoms with Crippen molar-refractivity contribution < 1.29 is 13.5 Å². The summed E-state index contributed by atoms with van der Waals surface area (Å²) < 4.78 is 34.5. The minimum absolute atomic E-state index is 0.153. The molecule has 4 heteroatoms. The number of benzene rings is 2. The van der Waals surface area contributed by atoms with Crippen LogP contribution in [0.2, 0.25) is 0 Å². The molecule has 2 atom stereocenters. The number of rotatable bonds is 7. The first-order valence-corrected chi connectivity index (χ1v) is 8.57. The normalized spacial score (nSPS) is 16.7. The second-order valence-electron chi connectivity index (χ2n) is 6.45. The van der Waals surface area contributed by atoms with Crippen molar-refractivity contribution in [3.8, 4) is 11.5 Å². The van der Waals surface area contributed by atoms with Crippen LogP contribution in [0.5, 0.6) is 11.5 Å². The SMILES string of the molecule is CCC(NC(C)C1CC1)c1ccc(F)c(Oc2ccccc2)c1F. The van der Waals surface area contributed by atoms with Gasteiger partial charge >= 0.3 is 0 Å². The molecule has 1 aliphatic rings. The highest BCUT2D eigenvalue weighted by atomic mass is 19.1. The molecule has 2 aromatic carbocycles. The number of nitrogens with one attached hydrogen (secondary N) is 1. The molecule has 1 fully saturated rings. The largest absolute Gasteiger partial charge is 0.451 e. The quantitative estimate of drug-likeness (QED) is 0.713. The summed E-state index contributed by atoms with van der Waals surface area (Å²) in [7, 11) is 0. The van der Waals surface area contributed by atoms with E-state index in [0.717, 1.165) is 6.42 Å². The van der Waals surface area contributed by atoms with Gasteiger partial charge in [0.15, 0.2) is 17.4 Å². The molecule has 2 unspecified atom stereocenters. The first-order valence-electron chi connectivity index (χ1n) is 8.57. The standard InChI is InChI=1S/C20H23F2NO/c1-3-18(23-13(2)14-9-10-14)16-11-12-17(21)20(19(16)22)24-15-7-5-4-6-8-15/h4-8,11-14,18,23H,3,9-10H2,1-2H3. The lowest BCUT2D eigenvalue weighted by atomic mass is 10.0. The molecule has 1 aliphatic carbocycles. The fraction of sp³-hybridized carbons (Fsp3) is 0.400. The van der Waals surface area contributed by atoms with E-state index in [1.54, 1.807) is 24.3 Å². The van der Waals surface area contributed by atoms with Crippen molar-refractivity contribution in [3.63, 3.8) is 0 Å². The van der Waals surface area contributed by atoms with Crippen LogP contribution in [0, 0.1) is 17.6 Å². The monoisotopic (exact) mass is 331 g/mol. The molecule has 2 aromatic rings. The molecule has 24 heavy (non-hydrogen) atoms. The Morgan fingerprint density at radius 1 is 1.12 bits per heavy atom. The lowest BCUT2D eigenvalue weighted by molar-refractivity contribution is 0.378. The zero-order chi connectivity index (χ0) is 17.1. The number of hydrogen-bond donors (Lipinski definition) is 1. The highest BCUT2D eigenvalue weighted by Crippen LogP contribution is 2.36. The topological polar surface area (TPSA) is 21.3 Å². The van der Waals surface area contributed by atoms with Gasteiger partial charge < -0.3 is 10.1 Å². The van der Waals surface area contributed by atoms with Gasteiger partial charge in [0.2, 0.25) is 0 Å². The van der Waals surface area contributed by atoms with Gasteiger partial charge in [-0.2, -0.15) is 0 Å². The molecule has 0 amide bonds. The van der Waals surface area contributed by atoms with E-state index in [0.29, 0.717) is 23.3 Å². The van der Waals surface area contributed by atoms with E-state index in [1.165, 1.54) is 25.0 Å². The van der Waals surface area contributed by atoms with E-state index < -0.39 is 11.6 Å². The molecule has 0 aromatic heterocycles. The summed E-state index contributed by atoms with van der Waals surface area (Å²) in [5.41, 5.74) is 0.456. The van der Waals surface area contributed by atoms with Gasteiger partial charge in [-0.1, -0.05) is 31.2 Å². The lowest BCUT2D eigenvalue weighted by Crippen LogP contribution is -2.32. The number of para-hydroxylation sites is 1. The van der Waals surface area contributed by atoms with E-state index in [9.17, 15) is 8.78 Å². The number of hydrogen-bond acceptors (Lipinski definition) is 2. The van der Waals surface area contributed by atoms with Gasteiger partial charge in [-0.15, -0.1) is 0 Å². The molecular formula is C20H23F2NO. The maximum Gasteiger partial charge on any atom is 0.198 e. The van der Waals surface area contributed by atoms with Crippen LogP contribution in [0.15, 0.2) is 42.5 Å². The first kappa shape index (κ1) is 16.9. The summed E-state index contributed by atoms with van der Waals surface area (Å²) in [4.78, 5) is 0. The summed E-state index contributed by atoms with van der Waals surface area (Å²) in [5.74, 6) is -0.563. The zero-order valence-electron chi connectivity index (χ0n) is 14.1. The van der Waals surface area contributed by atoms with Gasteiger partial charge in [-0.05, 0) is 50.3 Å². The van der Waals surface area contributed by atoms with E-state index in [1.807, 2.05) is 13.0 Å². The summed E-state index contributed by atoms with van der Waals surface area (Å²) in [6.45, 7) is 4.13. The molecule has 2 nitrogen and oxygen atoms in total. The fourth-order valence-corrected chi connectivity index (χ4v) is 2.99. The third kappa shape index (κ3) is 3.75. The molecule has 0 radical (unpaired) electrons. The Morgan fingerprint density at radius 3 is 2.46 bits per heavy atom. The Labute approximate surface area is 141 Å². The lowest BCUT2D eigenvalue weighted by Gasteiger charge is -2.24. The third-order valence-electron chi connectivity index (χ3n) is 4.62. The van der Waals surface area contributed by atoms with Crippen LogP contribution in [-0.2, 0) is 0 Å². The fourth-order valence-electron chi connectivity index (χ4n) is 2.99. The molecule has 0 saturated heterocycles. The Hall–Kier alpha value is -1.94. The molecule has 128 valence electrons. The molecule has 0 heterocycles. The number of halogens is 2. The smallest absolute Gasteiger partial charge is 0.198 e. The average molecular weight is 331 g/mol. The van der Waals surface area contributed by atoms with Crippen LogP contribution in [0.25, 0.3) is 0 Å². The van der Waals surface area contributed by atoms with Gasteiger partial charge in [0.05, 0.1) is 0 Å². The first-order chi connectivity index (χ1) is 11.6. The Bertz CT molecular complexity index is 686. The number of ether oxygens (including phenoxy) is 1. The summed E-state index contributed by atoms with van der Waals surface area (Å²) in [6.07, 6.45) is 3.17. The molecule has 1 saturated carbocycles. The van der Waals surface area contributed by atoms with Gasteiger partial charge in [-0.25, -0.2) is 8.78 Å². The summed E-state index contributed by atoms with van der Waals surface area (Å²) in [6, 6.07) is 11.7. The molecule has 3 rings (SSSR count). The van der Waals surface area contributed by atoms with Gasteiger partial charge in [0.1, 0.15) is 5.75 Å². The van der Waals surface area contributed by atoms with Crippen LogP contribution >= 0.6 is 0 Å². The highest BCUT2D eigenvalue weighted by Gasteiger charge is 2.30. The molecular weight excluding hydrogens is 308 g/mol. The van der Waals surface area contributed by atoms with Crippen LogP contribution in [-0.4, -0.2) is 6.04 Å². The molecule has 0 spiro atoms. The maximum absolute atomic E-state index is 14.9. The predicted molar refractivity (Wildman–Crippen MR) is 91.2 cm³/mol. The van der Waals surface area contributed by atoms with E-state index in [4.69, 9.17) is 4.74 Å². The molecule has 0 bridgehead atoms. The minimum atomic E-state index is -0.690. The van der Waals surface area contributed by atoms with Crippen molar-refractivity contribution in [2.24, 2.45) is 5.92 Å². The van der Waals surface area contributed by atoms with Crippen molar-refractivity contribution >= 4 is 0 Å². The van der Waals surface area contributed by atoms with E-state index in [-0.39, 0.29) is 11.8 Å². The second-order valence-corrected chi connectivity index (χ2v) is 6.45. The van der Waals surface area contributed by atoms with Crippen LogP contribution in [0.4, 0.5) is 8.78 Å². The van der Waals surface area contributed by atoms with Gasteiger partial charge in [0.25, 0.3) is 0 Å². The van der Waals surface area contributed by atoms with Crippen molar-refractivity contribution in [2.75, 3.05) is 0 Å². The van der Waals surface area contributed by atoms with Gasteiger partial charge in [0, 0.05) is 17.6 Å². The van der Waals surface area contributed by atoms with Crippen molar-refractivity contribution in [2.45, 2.75) is 45.2 Å². The minimum Gasteiger partial charge on any atom is -0.451 e. The van der Waals surface area contributed by atoms with E-state index in [2.05, 4.69) is 12.2 Å². The molecule has 1 N–H and O–H groups in total.